The first-order valence-corrected chi connectivity index (χ1v) is 11.9. The molecule has 0 amide bonds. The van der Waals surface area contributed by atoms with E-state index in [4.69, 9.17) is 11.6 Å². The maximum atomic E-state index is 13.0. The van der Waals surface area contributed by atoms with Gasteiger partial charge in [0.15, 0.2) is 9.84 Å². The molecule has 170 valence electrons. The highest BCUT2D eigenvalue weighted by Gasteiger charge is 2.22. The average molecular weight is 554 g/mol. The van der Waals surface area contributed by atoms with Gasteiger partial charge in [-0.25, -0.2) is 8.42 Å². The SMILES string of the molecule is O=[N+]([O-])c1ccc(N/N=C(/CS(=O)(=O)c2ccc(Cl)cc2)c2ccc(Br)cc2)c([N+](=O)[O-])c1. The van der Waals surface area contributed by atoms with Crippen molar-refractivity contribution in [2.75, 3.05) is 11.2 Å². The van der Waals surface area contributed by atoms with Crippen LogP contribution in [0.5, 0.6) is 0 Å². The van der Waals surface area contributed by atoms with Crippen LogP contribution in [0.25, 0.3) is 0 Å². The molecular weight excluding hydrogens is 540 g/mol. The van der Waals surface area contributed by atoms with E-state index in [1.807, 2.05) is 0 Å². The second-order valence-corrected chi connectivity index (χ2v) is 9.95. The Hall–Kier alpha value is -3.35. The van der Waals surface area contributed by atoms with Crippen molar-refractivity contribution in [3.63, 3.8) is 0 Å². The minimum Gasteiger partial charge on any atom is -0.271 e. The highest BCUT2D eigenvalue weighted by molar-refractivity contribution is 9.10. The zero-order valence-electron chi connectivity index (χ0n) is 16.5. The van der Waals surface area contributed by atoms with Crippen molar-refractivity contribution in [3.8, 4) is 0 Å². The standard InChI is InChI=1S/C20H14BrClN4O6S/c21-14-3-1-13(2-4-14)19(12-33(31,32)17-8-5-15(22)6-9-17)24-23-18-10-7-16(25(27)28)11-20(18)26(29)30/h1-11,23H,12H2/b24-19-. The summed E-state index contributed by atoms with van der Waals surface area (Å²) in [4.78, 5) is 20.8. The zero-order chi connectivity index (χ0) is 24.2. The predicted molar refractivity (Wildman–Crippen MR) is 128 cm³/mol. The smallest absolute Gasteiger partial charge is 0.271 e. The number of hydrogen-bond donors (Lipinski definition) is 1. The van der Waals surface area contributed by atoms with Crippen LogP contribution in [0.15, 0.2) is 81.2 Å². The Morgan fingerprint density at radius 1 is 0.970 bits per heavy atom. The molecule has 0 aliphatic rings. The molecule has 10 nitrogen and oxygen atoms in total. The van der Waals surface area contributed by atoms with Crippen LogP contribution in [0.3, 0.4) is 0 Å². The fourth-order valence-electron chi connectivity index (χ4n) is 2.73. The first-order valence-electron chi connectivity index (χ1n) is 9.06. The summed E-state index contributed by atoms with van der Waals surface area (Å²) in [5.74, 6) is -0.524. The number of benzene rings is 3. The molecule has 3 aromatic rings. The first kappa shape index (κ1) is 24.3. The maximum Gasteiger partial charge on any atom is 0.301 e. The molecule has 0 unspecified atom stereocenters. The van der Waals surface area contributed by atoms with E-state index in [9.17, 15) is 28.6 Å². The number of nitrogens with zero attached hydrogens (tertiary/aromatic N) is 3. The van der Waals surface area contributed by atoms with Gasteiger partial charge in [0.25, 0.3) is 5.69 Å². The number of hydrazone groups is 1. The Kier molecular flexibility index (Phi) is 7.41. The Labute approximate surface area is 201 Å². The number of nitro benzene ring substituents is 2. The molecule has 0 heterocycles. The number of rotatable bonds is 8. The van der Waals surface area contributed by atoms with Gasteiger partial charge in [-0.3, -0.25) is 25.7 Å². The third-order valence-electron chi connectivity index (χ3n) is 4.38. The van der Waals surface area contributed by atoms with E-state index in [0.29, 0.717) is 10.6 Å². The minimum atomic E-state index is -3.85. The summed E-state index contributed by atoms with van der Waals surface area (Å²) in [5, 5.41) is 26.8. The number of sulfone groups is 1. The summed E-state index contributed by atoms with van der Waals surface area (Å²) in [6.45, 7) is 0. The Morgan fingerprint density at radius 2 is 1.61 bits per heavy atom. The van der Waals surface area contributed by atoms with Gasteiger partial charge in [-0.1, -0.05) is 39.7 Å². The predicted octanol–water partition coefficient (Wildman–Crippen LogP) is 5.21. The molecule has 0 radical (unpaired) electrons. The molecule has 0 bridgehead atoms. The molecule has 13 heteroatoms. The van der Waals surface area contributed by atoms with Crippen LogP contribution < -0.4 is 5.43 Å². The van der Waals surface area contributed by atoms with Gasteiger partial charge < -0.3 is 0 Å². The summed E-state index contributed by atoms with van der Waals surface area (Å²) in [6.07, 6.45) is 0. The number of non-ortho nitro benzene ring substituents is 1. The number of halogens is 2. The largest absolute Gasteiger partial charge is 0.301 e. The second-order valence-electron chi connectivity index (χ2n) is 6.61. The number of nitrogens with one attached hydrogen (secondary N) is 1. The van der Waals surface area contributed by atoms with Gasteiger partial charge in [-0.15, -0.1) is 0 Å². The van der Waals surface area contributed by atoms with Gasteiger partial charge in [-0.2, -0.15) is 5.10 Å². The normalized spacial score (nSPS) is 11.8. The number of nitro groups is 2. The topological polar surface area (TPSA) is 145 Å². The number of hydrogen-bond acceptors (Lipinski definition) is 8. The van der Waals surface area contributed by atoms with E-state index in [1.165, 1.54) is 24.3 Å². The first-order chi connectivity index (χ1) is 15.6. The van der Waals surface area contributed by atoms with Crippen molar-refractivity contribution < 1.29 is 18.3 Å². The molecule has 0 aromatic heterocycles. The number of anilines is 1. The van der Waals surface area contributed by atoms with Crippen molar-refractivity contribution >= 4 is 60.1 Å². The summed E-state index contributed by atoms with van der Waals surface area (Å²) in [6, 6.07) is 15.3. The van der Waals surface area contributed by atoms with E-state index in [-0.39, 0.29) is 16.3 Å². The van der Waals surface area contributed by atoms with E-state index >= 15 is 0 Å². The lowest BCUT2D eigenvalue weighted by Crippen LogP contribution is -2.19. The monoisotopic (exact) mass is 552 g/mol. The summed E-state index contributed by atoms with van der Waals surface area (Å²) in [5.41, 5.74) is 1.83. The van der Waals surface area contributed by atoms with Gasteiger partial charge in [0, 0.05) is 15.6 Å². The Bertz CT molecular complexity index is 1350. The van der Waals surface area contributed by atoms with Crippen LogP contribution in [0.4, 0.5) is 17.1 Å². The highest BCUT2D eigenvalue weighted by atomic mass is 79.9. The molecule has 0 saturated heterocycles. The van der Waals surface area contributed by atoms with Gasteiger partial charge >= 0.3 is 5.69 Å². The summed E-state index contributed by atoms with van der Waals surface area (Å²) in [7, 11) is -3.85. The van der Waals surface area contributed by atoms with E-state index in [0.717, 1.165) is 22.7 Å². The summed E-state index contributed by atoms with van der Waals surface area (Å²) < 4.78 is 26.7. The lowest BCUT2D eigenvalue weighted by molar-refractivity contribution is -0.393. The third kappa shape index (κ3) is 6.12. The molecule has 1 N–H and O–H groups in total. The molecule has 0 fully saturated rings. The molecule has 3 rings (SSSR count). The average Bonchev–Trinajstić information content (AvgIpc) is 2.77. The molecule has 0 aliphatic carbocycles. The van der Waals surface area contributed by atoms with Crippen LogP contribution >= 0.6 is 27.5 Å². The van der Waals surface area contributed by atoms with Gasteiger partial charge in [-0.05, 0) is 48.0 Å². The Balaban J connectivity index is 2.02. The van der Waals surface area contributed by atoms with Gasteiger partial charge in [0.2, 0.25) is 0 Å². The van der Waals surface area contributed by atoms with Crippen molar-refractivity contribution in [1.82, 2.24) is 0 Å². The van der Waals surface area contributed by atoms with Crippen molar-refractivity contribution in [2.45, 2.75) is 4.90 Å². The molecule has 33 heavy (non-hydrogen) atoms. The zero-order valence-corrected chi connectivity index (χ0v) is 19.7. The summed E-state index contributed by atoms with van der Waals surface area (Å²) >= 11 is 9.14. The van der Waals surface area contributed by atoms with Crippen molar-refractivity contribution in [2.24, 2.45) is 5.10 Å². The molecular formula is C20H14BrClN4O6S. The van der Waals surface area contributed by atoms with Gasteiger partial charge in [0.05, 0.1) is 32.3 Å². The van der Waals surface area contributed by atoms with Crippen LogP contribution in [-0.2, 0) is 9.84 Å². The Morgan fingerprint density at radius 3 is 2.18 bits per heavy atom. The van der Waals surface area contributed by atoms with Crippen LogP contribution in [0, 0.1) is 20.2 Å². The fraction of sp³-hybridized carbons (Fsp3) is 0.0500. The van der Waals surface area contributed by atoms with E-state index in [1.54, 1.807) is 24.3 Å². The van der Waals surface area contributed by atoms with Crippen LogP contribution in [-0.4, -0.2) is 29.7 Å². The molecule has 3 aromatic carbocycles. The van der Waals surface area contributed by atoms with Crippen LogP contribution in [0.2, 0.25) is 5.02 Å². The van der Waals surface area contributed by atoms with Gasteiger partial charge in [0.1, 0.15) is 5.69 Å². The lowest BCUT2D eigenvalue weighted by Gasteiger charge is -2.10. The van der Waals surface area contributed by atoms with Crippen LogP contribution in [0.1, 0.15) is 5.56 Å². The molecule has 0 aliphatic heterocycles. The molecule has 0 spiro atoms. The third-order valence-corrected chi connectivity index (χ3v) is 6.80. The molecule has 0 saturated carbocycles. The van der Waals surface area contributed by atoms with Crippen molar-refractivity contribution in [3.05, 3.63) is 102 Å². The lowest BCUT2D eigenvalue weighted by atomic mass is 10.1. The maximum absolute atomic E-state index is 13.0. The van der Waals surface area contributed by atoms with Crippen molar-refractivity contribution in [1.29, 1.82) is 0 Å². The molecule has 0 atom stereocenters. The fourth-order valence-corrected chi connectivity index (χ4v) is 4.43. The van der Waals surface area contributed by atoms with E-state index in [2.05, 4.69) is 26.5 Å². The minimum absolute atomic E-state index is 0.0260. The van der Waals surface area contributed by atoms with E-state index < -0.39 is 36.8 Å². The quantitative estimate of drug-likeness (QED) is 0.229. The second kappa shape index (κ2) is 10.1. The highest BCUT2D eigenvalue weighted by Crippen LogP contribution is 2.29.